The van der Waals surface area contributed by atoms with Crippen LogP contribution in [-0.4, -0.2) is 32.2 Å². The molecule has 4 N–H and O–H groups in total. The minimum Gasteiger partial charge on any atom is -0.393 e. The van der Waals surface area contributed by atoms with Gasteiger partial charge >= 0.3 is 6.18 Å². The van der Waals surface area contributed by atoms with Crippen molar-refractivity contribution in [3.8, 4) is 0 Å². The fourth-order valence-corrected chi connectivity index (χ4v) is 3.26. The van der Waals surface area contributed by atoms with Crippen molar-refractivity contribution in [1.29, 1.82) is 0 Å². The molecule has 5 nitrogen and oxygen atoms in total. The highest BCUT2D eigenvalue weighted by Crippen LogP contribution is 2.26. The molecule has 0 heterocycles. The van der Waals surface area contributed by atoms with Crippen LogP contribution in [0.15, 0.2) is 0 Å². The Balaban J connectivity index is 2.57. The Morgan fingerprint density at radius 1 is 1.39 bits per heavy atom. The zero-order valence-corrected chi connectivity index (χ0v) is 11.0. The molecule has 18 heavy (non-hydrogen) atoms. The Morgan fingerprint density at radius 2 is 2.00 bits per heavy atom. The molecule has 0 aromatic carbocycles. The van der Waals surface area contributed by atoms with Crippen LogP contribution in [0.3, 0.4) is 0 Å². The van der Waals surface area contributed by atoms with E-state index in [0.717, 1.165) is 6.42 Å². The Labute approximate surface area is 108 Å². The van der Waals surface area contributed by atoms with Crippen molar-refractivity contribution in [3.63, 3.8) is 0 Å². The van der Waals surface area contributed by atoms with E-state index in [1.165, 1.54) is 4.72 Å². The highest BCUT2D eigenvalue weighted by atomic mass is 32.2. The molecule has 0 aromatic heterocycles. The molecule has 10 heteroatoms. The lowest BCUT2D eigenvalue weighted by Gasteiger charge is -2.20. The van der Waals surface area contributed by atoms with Crippen LogP contribution in [0.2, 0.25) is 0 Å². The number of nitrogens with two attached hydrogens (primary N) is 1. The van der Waals surface area contributed by atoms with E-state index in [1.54, 1.807) is 0 Å². The average molecular weight is 305 g/mol. The van der Waals surface area contributed by atoms with Gasteiger partial charge in [0.1, 0.15) is 6.54 Å². The highest BCUT2D eigenvalue weighted by molar-refractivity contribution is 7.87. The van der Waals surface area contributed by atoms with Gasteiger partial charge in [0.2, 0.25) is 0 Å². The number of halogens is 3. The molecule has 0 aliphatic heterocycles. The van der Waals surface area contributed by atoms with E-state index in [0.29, 0.717) is 12.8 Å². The molecule has 1 aliphatic carbocycles. The van der Waals surface area contributed by atoms with Crippen LogP contribution in [-0.2, 0) is 10.2 Å². The molecule has 0 spiro atoms. The second-order valence-corrected chi connectivity index (χ2v) is 6.11. The predicted molar refractivity (Wildman–Crippen MR) is 64.0 cm³/mol. The van der Waals surface area contributed by atoms with Crippen molar-refractivity contribution in [2.45, 2.75) is 31.5 Å². The molecule has 1 aliphatic rings. The molecule has 0 amide bonds. The van der Waals surface area contributed by atoms with E-state index in [4.69, 9.17) is 18.0 Å². The fraction of sp³-hybridized carbons (Fsp3) is 0.875. The van der Waals surface area contributed by atoms with Crippen LogP contribution < -0.4 is 15.2 Å². The zero-order chi connectivity index (χ0) is 14.0. The zero-order valence-electron chi connectivity index (χ0n) is 9.33. The maximum absolute atomic E-state index is 11.9. The molecule has 1 fully saturated rings. The third-order valence-electron chi connectivity index (χ3n) is 2.65. The molecule has 106 valence electrons. The van der Waals surface area contributed by atoms with Crippen LogP contribution >= 0.6 is 12.2 Å². The van der Waals surface area contributed by atoms with Crippen LogP contribution in [0.25, 0.3) is 0 Å². The van der Waals surface area contributed by atoms with Crippen molar-refractivity contribution in [2.75, 3.05) is 6.54 Å². The van der Waals surface area contributed by atoms with Gasteiger partial charge in [0.25, 0.3) is 10.2 Å². The normalized spacial score (nSPS) is 25.3. The van der Waals surface area contributed by atoms with Gasteiger partial charge in [0, 0.05) is 12.0 Å². The lowest BCUT2D eigenvalue weighted by Crippen LogP contribution is -2.48. The lowest BCUT2D eigenvalue weighted by molar-refractivity contribution is -0.121. The first-order chi connectivity index (χ1) is 8.11. The topological polar surface area (TPSA) is 84.2 Å². The molecular formula is C8H14F3N3O2S2. The summed E-state index contributed by atoms with van der Waals surface area (Å²) in [4.78, 5) is 0.177. The maximum Gasteiger partial charge on any atom is 0.402 e. The highest BCUT2D eigenvalue weighted by Gasteiger charge is 2.34. The summed E-state index contributed by atoms with van der Waals surface area (Å²) in [6.07, 6.45) is -2.71. The van der Waals surface area contributed by atoms with E-state index in [-0.39, 0.29) is 10.9 Å². The summed E-state index contributed by atoms with van der Waals surface area (Å²) in [5.74, 6) is -0.303. The number of thiocarbonyl (C=S) groups is 1. The van der Waals surface area contributed by atoms with E-state index < -0.39 is 29.0 Å². The van der Waals surface area contributed by atoms with Gasteiger partial charge in [0.15, 0.2) is 0 Å². The summed E-state index contributed by atoms with van der Waals surface area (Å²) >= 11 is 4.79. The molecule has 0 saturated heterocycles. The Morgan fingerprint density at radius 3 is 2.50 bits per heavy atom. The number of hydrogen-bond acceptors (Lipinski definition) is 3. The molecule has 0 bridgehead atoms. The molecule has 0 aromatic rings. The molecule has 1 saturated carbocycles. The molecule has 2 atom stereocenters. The second-order valence-electron chi connectivity index (χ2n) is 4.10. The van der Waals surface area contributed by atoms with Gasteiger partial charge in [-0.05, 0) is 12.8 Å². The summed E-state index contributed by atoms with van der Waals surface area (Å²) in [7, 11) is -4.20. The summed E-state index contributed by atoms with van der Waals surface area (Å²) < 4.78 is 62.1. The van der Waals surface area contributed by atoms with Gasteiger partial charge in [-0.15, -0.1) is 0 Å². The number of hydrogen-bond donors (Lipinski definition) is 3. The van der Waals surface area contributed by atoms with E-state index >= 15 is 0 Å². The minimum atomic E-state index is -4.59. The van der Waals surface area contributed by atoms with Gasteiger partial charge in [-0.3, -0.25) is 0 Å². The van der Waals surface area contributed by atoms with Crippen molar-refractivity contribution < 1.29 is 21.6 Å². The van der Waals surface area contributed by atoms with Crippen LogP contribution in [0, 0.1) is 5.92 Å². The van der Waals surface area contributed by atoms with Crippen molar-refractivity contribution >= 4 is 27.4 Å². The van der Waals surface area contributed by atoms with Crippen molar-refractivity contribution in [3.05, 3.63) is 0 Å². The Hall–Kier alpha value is -0.450. The first kappa shape index (κ1) is 15.6. The minimum absolute atomic E-state index is 0.177. The number of alkyl halides is 3. The van der Waals surface area contributed by atoms with Gasteiger partial charge in [-0.25, -0.2) is 0 Å². The fourth-order valence-electron chi connectivity index (χ4n) is 1.86. The maximum atomic E-state index is 11.9. The molecule has 2 unspecified atom stereocenters. The predicted octanol–water partition coefficient (Wildman–Crippen LogP) is 0.427. The molecule has 0 radical (unpaired) electrons. The lowest BCUT2D eigenvalue weighted by atomic mass is 10.1. The standard InChI is InChI=1S/C8H14F3N3O2S2/c9-8(10,11)4-13-18(15,16)14-6-3-1-2-5(6)7(12)17/h5-6,13-14H,1-4H2,(H2,12,17). The number of rotatable bonds is 5. The summed E-state index contributed by atoms with van der Waals surface area (Å²) in [5, 5.41) is 0. The Kier molecular flexibility index (Phi) is 4.92. The number of nitrogens with one attached hydrogen (secondary N) is 2. The Bertz CT molecular complexity index is 410. The largest absolute Gasteiger partial charge is 0.402 e. The van der Waals surface area contributed by atoms with Crippen molar-refractivity contribution in [1.82, 2.24) is 9.44 Å². The smallest absolute Gasteiger partial charge is 0.393 e. The first-order valence-corrected chi connectivity index (χ1v) is 7.13. The summed E-state index contributed by atoms with van der Waals surface area (Å²) in [6.45, 7) is -1.60. The quantitative estimate of drug-likeness (QED) is 0.643. The monoisotopic (exact) mass is 305 g/mol. The van der Waals surface area contributed by atoms with Crippen LogP contribution in [0.4, 0.5) is 13.2 Å². The van der Waals surface area contributed by atoms with E-state index in [1.807, 2.05) is 0 Å². The molecule has 1 rings (SSSR count). The first-order valence-electron chi connectivity index (χ1n) is 5.24. The summed E-state index contributed by atoms with van der Waals surface area (Å²) in [5.41, 5.74) is 5.45. The van der Waals surface area contributed by atoms with Crippen LogP contribution in [0.1, 0.15) is 19.3 Å². The SMILES string of the molecule is NC(=S)C1CCCC1NS(=O)(=O)NCC(F)(F)F. The van der Waals surface area contributed by atoms with Gasteiger partial charge in [0.05, 0.1) is 4.99 Å². The second kappa shape index (κ2) is 5.68. The average Bonchev–Trinajstić information content (AvgIpc) is 2.61. The third kappa shape index (κ3) is 5.04. The van der Waals surface area contributed by atoms with Crippen molar-refractivity contribution in [2.24, 2.45) is 11.7 Å². The van der Waals surface area contributed by atoms with E-state index in [2.05, 4.69) is 4.72 Å². The third-order valence-corrected chi connectivity index (χ3v) is 4.09. The van der Waals surface area contributed by atoms with Crippen LogP contribution in [0.5, 0.6) is 0 Å². The van der Waals surface area contributed by atoms with Gasteiger partial charge in [-0.2, -0.15) is 31.0 Å². The van der Waals surface area contributed by atoms with E-state index in [9.17, 15) is 21.6 Å². The molecular weight excluding hydrogens is 291 g/mol. The van der Waals surface area contributed by atoms with Gasteiger partial charge in [-0.1, -0.05) is 18.6 Å². The summed E-state index contributed by atoms with van der Waals surface area (Å²) in [6, 6.07) is -0.534. The van der Waals surface area contributed by atoms with Gasteiger partial charge < -0.3 is 5.73 Å².